The molecule has 11 heavy (non-hydrogen) atoms. The molecule has 0 rings (SSSR count). The van der Waals surface area contributed by atoms with Gasteiger partial charge in [0.25, 0.3) is 0 Å². The van der Waals surface area contributed by atoms with Crippen LogP contribution >= 0.6 is 0 Å². The number of unbranched alkanes of at least 4 members (excludes halogenated alkanes) is 1. The Morgan fingerprint density at radius 2 is 2.09 bits per heavy atom. The molecule has 0 amide bonds. The van der Waals surface area contributed by atoms with Gasteiger partial charge in [0.05, 0.1) is 0 Å². The first-order valence-electron chi connectivity index (χ1n) is 4.05. The van der Waals surface area contributed by atoms with E-state index in [-0.39, 0.29) is 0 Å². The molecule has 1 nitrogen and oxygen atoms in total. The van der Waals surface area contributed by atoms with Crippen molar-refractivity contribution in [3.8, 4) is 11.8 Å². The van der Waals surface area contributed by atoms with Crippen LogP contribution in [-0.2, 0) is 0 Å². The fraction of sp³-hybridized carbons (Fsp3) is 0.600. The first-order chi connectivity index (χ1) is 5.27. The van der Waals surface area contributed by atoms with Gasteiger partial charge in [-0.2, -0.15) is 0 Å². The van der Waals surface area contributed by atoms with Crippen molar-refractivity contribution >= 4 is 0 Å². The van der Waals surface area contributed by atoms with Crippen molar-refractivity contribution in [1.29, 1.82) is 0 Å². The summed E-state index contributed by atoms with van der Waals surface area (Å²) in [6.45, 7) is 3.11. The molecule has 1 heteroatoms. The van der Waals surface area contributed by atoms with E-state index in [1.807, 2.05) is 20.2 Å². The summed E-state index contributed by atoms with van der Waals surface area (Å²) < 4.78 is 0. The van der Waals surface area contributed by atoms with Gasteiger partial charge in [0.15, 0.2) is 0 Å². The van der Waals surface area contributed by atoms with Gasteiger partial charge in [0.1, 0.15) is 0 Å². The van der Waals surface area contributed by atoms with Crippen molar-refractivity contribution in [2.24, 2.45) is 0 Å². The van der Waals surface area contributed by atoms with Gasteiger partial charge in [-0.15, -0.1) is 0 Å². The Morgan fingerprint density at radius 3 is 2.64 bits per heavy atom. The van der Waals surface area contributed by atoms with E-state index >= 15 is 0 Å². The standard InChI is InChI=1S/C10H17N/c1-4-5-6-7-8-9-10-11(2)3/h8-9H,4-5,10H2,1-3H3. The van der Waals surface area contributed by atoms with Crippen molar-refractivity contribution in [3.63, 3.8) is 0 Å². The van der Waals surface area contributed by atoms with Gasteiger partial charge in [-0.25, -0.2) is 0 Å². The molecule has 0 saturated heterocycles. The summed E-state index contributed by atoms with van der Waals surface area (Å²) in [6.07, 6.45) is 6.15. The summed E-state index contributed by atoms with van der Waals surface area (Å²) in [7, 11) is 4.09. The number of nitrogens with zero attached hydrogens (tertiary/aromatic N) is 1. The Labute approximate surface area is 70.1 Å². The number of hydrogen-bond acceptors (Lipinski definition) is 1. The van der Waals surface area contributed by atoms with E-state index in [0.717, 1.165) is 19.4 Å². The molecule has 0 aliphatic heterocycles. The van der Waals surface area contributed by atoms with Crippen molar-refractivity contribution in [2.75, 3.05) is 20.6 Å². The highest BCUT2D eigenvalue weighted by atomic mass is 15.0. The van der Waals surface area contributed by atoms with Gasteiger partial charge in [0.2, 0.25) is 0 Å². The second-order valence-electron chi connectivity index (χ2n) is 2.74. The number of likely N-dealkylation sites (N-methyl/N-ethyl adjacent to an activating group) is 1. The first-order valence-corrected chi connectivity index (χ1v) is 4.05. The highest BCUT2D eigenvalue weighted by Gasteiger charge is 1.78. The number of rotatable bonds is 3. The predicted octanol–water partition coefficient (Wildman–Crippen LogP) is 1.91. The summed E-state index contributed by atoms with van der Waals surface area (Å²) in [6, 6.07) is 0. The molecule has 0 radical (unpaired) electrons. The van der Waals surface area contributed by atoms with E-state index in [1.54, 1.807) is 0 Å². The van der Waals surface area contributed by atoms with Gasteiger partial charge in [-0.1, -0.05) is 24.8 Å². The van der Waals surface area contributed by atoms with Gasteiger partial charge >= 0.3 is 0 Å². The number of hydrogen-bond donors (Lipinski definition) is 0. The van der Waals surface area contributed by atoms with E-state index < -0.39 is 0 Å². The highest BCUT2D eigenvalue weighted by Crippen LogP contribution is 1.81. The van der Waals surface area contributed by atoms with Crippen LogP contribution in [0, 0.1) is 11.8 Å². The van der Waals surface area contributed by atoms with E-state index in [1.165, 1.54) is 0 Å². The van der Waals surface area contributed by atoms with Crippen molar-refractivity contribution < 1.29 is 0 Å². The zero-order valence-corrected chi connectivity index (χ0v) is 7.72. The molecule has 0 heterocycles. The van der Waals surface area contributed by atoms with E-state index in [9.17, 15) is 0 Å². The molecule has 0 N–H and O–H groups in total. The monoisotopic (exact) mass is 151 g/mol. The summed E-state index contributed by atoms with van der Waals surface area (Å²) in [4.78, 5) is 2.11. The Morgan fingerprint density at radius 1 is 1.36 bits per heavy atom. The van der Waals surface area contributed by atoms with Crippen LogP contribution in [0.5, 0.6) is 0 Å². The second-order valence-corrected chi connectivity index (χ2v) is 2.74. The van der Waals surface area contributed by atoms with Gasteiger partial charge in [0, 0.05) is 13.0 Å². The lowest BCUT2D eigenvalue weighted by Crippen LogP contribution is -2.10. The van der Waals surface area contributed by atoms with Crippen LogP contribution in [0.25, 0.3) is 0 Å². The van der Waals surface area contributed by atoms with Crippen LogP contribution in [-0.4, -0.2) is 25.5 Å². The minimum Gasteiger partial charge on any atom is -0.306 e. The topological polar surface area (TPSA) is 3.24 Å². The third kappa shape index (κ3) is 9.26. The van der Waals surface area contributed by atoms with Gasteiger partial charge in [-0.05, 0) is 26.6 Å². The molecule has 0 aliphatic rings. The Bertz CT molecular complexity index is 157. The molecule has 0 aromatic rings. The maximum absolute atomic E-state index is 3.05. The van der Waals surface area contributed by atoms with Gasteiger partial charge in [-0.3, -0.25) is 0 Å². The zero-order valence-electron chi connectivity index (χ0n) is 7.72. The third-order valence-electron chi connectivity index (χ3n) is 1.15. The van der Waals surface area contributed by atoms with Crippen LogP contribution in [0.3, 0.4) is 0 Å². The largest absolute Gasteiger partial charge is 0.306 e. The number of allylic oxidation sites excluding steroid dienone is 1. The average Bonchev–Trinajstić information content (AvgIpc) is 1.96. The lowest BCUT2D eigenvalue weighted by atomic mass is 10.3. The molecule has 62 valence electrons. The molecule has 0 spiro atoms. The summed E-state index contributed by atoms with van der Waals surface area (Å²) in [5, 5.41) is 0. The van der Waals surface area contributed by atoms with E-state index in [2.05, 4.69) is 29.7 Å². The average molecular weight is 151 g/mol. The van der Waals surface area contributed by atoms with E-state index in [0.29, 0.717) is 0 Å². The van der Waals surface area contributed by atoms with Crippen molar-refractivity contribution in [1.82, 2.24) is 4.90 Å². The summed E-state index contributed by atoms with van der Waals surface area (Å²) in [5.74, 6) is 6.04. The summed E-state index contributed by atoms with van der Waals surface area (Å²) in [5.41, 5.74) is 0. The molecular weight excluding hydrogens is 134 g/mol. The molecule has 0 aromatic carbocycles. The second kappa shape index (κ2) is 7.37. The normalized spacial score (nSPS) is 10.2. The Hall–Kier alpha value is -0.740. The van der Waals surface area contributed by atoms with Crippen LogP contribution in [0.15, 0.2) is 12.2 Å². The Kier molecular flexibility index (Phi) is 6.87. The van der Waals surface area contributed by atoms with Gasteiger partial charge < -0.3 is 4.90 Å². The molecule has 0 atom stereocenters. The maximum Gasteiger partial charge on any atom is 0.0166 e. The fourth-order valence-electron chi connectivity index (χ4n) is 0.579. The molecule has 0 unspecified atom stereocenters. The SMILES string of the molecule is CCCC#CC=CCN(C)C. The molecule has 0 bridgehead atoms. The lowest BCUT2D eigenvalue weighted by Gasteiger charge is -2.01. The Balaban J connectivity index is 3.38. The van der Waals surface area contributed by atoms with Crippen molar-refractivity contribution in [3.05, 3.63) is 12.2 Å². The van der Waals surface area contributed by atoms with Crippen LogP contribution in [0.1, 0.15) is 19.8 Å². The molecule has 0 aromatic heterocycles. The third-order valence-corrected chi connectivity index (χ3v) is 1.15. The van der Waals surface area contributed by atoms with Crippen LogP contribution < -0.4 is 0 Å². The van der Waals surface area contributed by atoms with Crippen molar-refractivity contribution in [2.45, 2.75) is 19.8 Å². The highest BCUT2D eigenvalue weighted by molar-refractivity contribution is 5.15. The lowest BCUT2D eigenvalue weighted by molar-refractivity contribution is 0.456. The minimum atomic E-state index is 0.973. The maximum atomic E-state index is 3.05. The fourth-order valence-corrected chi connectivity index (χ4v) is 0.579. The smallest absolute Gasteiger partial charge is 0.0166 e. The van der Waals surface area contributed by atoms with E-state index in [4.69, 9.17) is 0 Å². The molecule has 0 saturated carbocycles. The zero-order chi connectivity index (χ0) is 8.53. The molecule has 0 aliphatic carbocycles. The van der Waals surface area contributed by atoms with Crippen LogP contribution in [0.4, 0.5) is 0 Å². The molecule has 0 fully saturated rings. The summed E-state index contributed by atoms with van der Waals surface area (Å²) >= 11 is 0. The molecular formula is C10H17N. The quantitative estimate of drug-likeness (QED) is 0.557. The minimum absolute atomic E-state index is 0.973. The predicted molar refractivity (Wildman–Crippen MR) is 50.4 cm³/mol. The first kappa shape index (κ1) is 10.3. The van der Waals surface area contributed by atoms with Crippen LogP contribution in [0.2, 0.25) is 0 Å².